The van der Waals surface area contributed by atoms with Crippen molar-refractivity contribution >= 4 is 0 Å². The highest BCUT2D eigenvalue weighted by Crippen LogP contribution is 2.34. The molecule has 0 radical (unpaired) electrons. The molecule has 1 nitrogen and oxygen atoms in total. The van der Waals surface area contributed by atoms with Gasteiger partial charge in [0, 0.05) is 12.1 Å². The second-order valence-electron chi connectivity index (χ2n) is 5.94. The third kappa shape index (κ3) is 3.48. The van der Waals surface area contributed by atoms with Crippen LogP contribution in [0.15, 0.2) is 0 Å². The summed E-state index contributed by atoms with van der Waals surface area (Å²) in [5.41, 5.74) is 0. The van der Waals surface area contributed by atoms with Crippen LogP contribution in [0.5, 0.6) is 0 Å². The molecule has 0 bridgehead atoms. The molecule has 0 aromatic heterocycles. The van der Waals surface area contributed by atoms with Gasteiger partial charge in [0.2, 0.25) is 0 Å². The van der Waals surface area contributed by atoms with Crippen LogP contribution in [-0.2, 0) is 0 Å². The van der Waals surface area contributed by atoms with Crippen molar-refractivity contribution in [1.29, 1.82) is 0 Å². The molecule has 1 saturated carbocycles. The first kappa shape index (κ1) is 12.4. The summed E-state index contributed by atoms with van der Waals surface area (Å²) < 4.78 is 0. The zero-order valence-electron chi connectivity index (χ0n) is 11.0. The summed E-state index contributed by atoms with van der Waals surface area (Å²) in [6.07, 6.45) is 16.0. The summed E-state index contributed by atoms with van der Waals surface area (Å²) in [7, 11) is 0. The Labute approximate surface area is 101 Å². The van der Waals surface area contributed by atoms with Gasteiger partial charge in [0.1, 0.15) is 0 Å². The van der Waals surface area contributed by atoms with Crippen LogP contribution in [0.3, 0.4) is 0 Å². The first-order valence-electron chi connectivity index (χ1n) is 7.66. The molecule has 0 aromatic rings. The van der Waals surface area contributed by atoms with Gasteiger partial charge in [0.05, 0.1) is 0 Å². The molecule has 1 aliphatic carbocycles. The Bertz CT molecular complexity index is 190. The van der Waals surface area contributed by atoms with Gasteiger partial charge in [0.25, 0.3) is 0 Å². The Balaban J connectivity index is 1.56. The first-order valence-corrected chi connectivity index (χ1v) is 7.66. The lowest BCUT2D eigenvalue weighted by Crippen LogP contribution is -2.45. The summed E-state index contributed by atoms with van der Waals surface area (Å²) in [6, 6.07) is 1.76. The maximum Gasteiger partial charge on any atom is 0.00979 e. The van der Waals surface area contributed by atoms with Crippen molar-refractivity contribution in [3.05, 3.63) is 0 Å². The second kappa shape index (κ2) is 6.64. The quantitative estimate of drug-likeness (QED) is 0.663. The van der Waals surface area contributed by atoms with Crippen LogP contribution in [-0.4, -0.2) is 12.1 Å². The minimum atomic E-state index is 0.862. The van der Waals surface area contributed by atoms with Gasteiger partial charge < -0.3 is 5.32 Å². The molecule has 3 unspecified atom stereocenters. The standard InChI is InChI=1S/C15H29N/c1-2-3-4-5-6-9-14-12-11-13-8-7-10-15(13)16-14/h13-16H,2-12H2,1H3. The molecule has 94 valence electrons. The Kier molecular flexibility index (Phi) is 5.15. The first-order chi connectivity index (χ1) is 7.90. The molecule has 0 spiro atoms. The number of nitrogens with one attached hydrogen (secondary N) is 1. The maximum absolute atomic E-state index is 3.91. The Morgan fingerprint density at radius 3 is 2.69 bits per heavy atom. The van der Waals surface area contributed by atoms with E-state index in [0.717, 1.165) is 18.0 Å². The Hall–Kier alpha value is -0.0400. The van der Waals surface area contributed by atoms with Gasteiger partial charge in [-0.15, -0.1) is 0 Å². The van der Waals surface area contributed by atoms with Crippen LogP contribution in [0.4, 0.5) is 0 Å². The summed E-state index contributed by atoms with van der Waals surface area (Å²) in [6.45, 7) is 2.29. The van der Waals surface area contributed by atoms with E-state index in [0.29, 0.717) is 0 Å². The van der Waals surface area contributed by atoms with Crippen LogP contribution in [0, 0.1) is 5.92 Å². The van der Waals surface area contributed by atoms with Gasteiger partial charge in [-0.3, -0.25) is 0 Å². The van der Waals surface area contributed by atoms with Crippen molar-refractivity contribution in [2.75, 3.05) is 0 Å². The van der Waals surface area contributed by atoms with Crippen molar-refractivity contribution in [2.24, 2.45) is 5.92 Å². The van der Waals surface area contributed by atoms with Gasteiger partial charge in [-0.1, -0.05) is 45.4 Å². The number of fused-ring (bicyclic) bond motifs is 1. The highest BCUT2D eigenvalue weighted by Gasteiger charge is 2.32. The highest BCUT2D eigenvalue weighted by atomic mass is 15.0. The molecule has 2 rings (SSSR count). The fourth-order valence-corrected chi connectivity index (χ4v) is 3.63. The van der Waals surface area contributed by atoms with E-state index in [1.165, 1.54) is 70.6 Å². The molecule has 1 N–H and O–H groups in total. The number of hydrogen-bond acceptors (Lipinski definition) is 1. The Morgan fingerprint density at radius 2 is 1.81 bits per heavy atom. The molecule has 16 heavy (non-hydrogen) atoms. The molecule has 1 aliphatic heterocycles. The van der Waals surface area contributed by atoms with Gasteiger partial charge in [-0.2, -0.15) is 0 Å². The minimum Gasteiger partial charge on any atom is -0.311 e. The molecule has 3 atom stereocenters. The zero-order chi connectivity index (χ0) is 11.2. The largest absolute Gasteiger partial charge is 0.311 e. The summed E-state index contributed by atoms with van der Waals surface area (Å²) in [5.74, 6) is 1.04. The lowest BCUT2D eigenvalue weighted by atomic mass is 9.88. The maximum atomic E-state index is 3.91. The van der Waals surface area contributed by atoms with Crippen LogP contribution < -0.4 is 5.32 Å². The van der Waals surface area contributed by atoms with E-state index in [4.69, 9.17) is 0 Å². The lowest BCUT2D eigenvalue weighted by Gasteiger charge is -2.33. The molecule has 0 aromatic carbocycles. The number of hydrogen-bond donors (Lipinski definition) is 1. The van der Waals surface area contributed by atoms with Crippen molar-refractivity contribution < 1.29 is 0 Å². The number of rotatable bonds is 6. The minimum absolute atomic E-state index is 0.862. The predicted molar refractivity (Wildman–Crippen MR) is 70.7 cm³/mol. The van der Waals surface area contributed by atoms with Gasteiger partial charge in [0.15, 0.2) is 0 Å². The lowest BCUT2D eigenvalue weighted by molar-refractivity contribution is 0.246. The van der Waals surface area contributed by atoms with Crippen molar-refractivity contribution in [1.82, 2.24) is 5.32 Å². The van der Waals surface area contributed by atoms with Crippen molar-refractivity contribution in [3.8, 4) is 0 Å². The average Bonchev–Trinajstić information content (AvgIpc) is 2.76. The second-order valence-corrected chi connectivity index (χ2v) is 5.94. The smallest absolute Gasteiger partial charge is 0.00979 e. The molecule has 2 fully saturated rings. The van der Waals surface area contributed by atoms with E-state index < -0.39 is 0 Å². The molecule has 1 heterocycles. The third-order valence-electron chi connectivity index (χ3n) is 4.65. The van der Waals surface area contributed by atoms with E-state index in [9.17, 15) is 0 Å². The normalized spacial score (nSPS) is 33.9. The van der Waals surface area contributed by atoms with E-state index in [1.807, 2.05) is 0 Å². The van der Waals surface area contributed by atoms with Crippen LogP contribution in [0.2, 0.25) is 0 Å². The molecule has 2 aliphatic rings. The van der Waals surface area contributed by atoms with E-state index >= 15 is 0 Å². The summed E-state index contributed by atoms with van der Waals surface area (Å²) in [4.78, 5) is 0. The molecule has 1 heteroatoms. The topological polar surface area (TPSA) is 12.0 Å². The SMILES string of the molecule is CCCCCCCC1CCC2CCCC2N1. The zero-order valence-corrected chi connectivity index (χ0v) is 11.0. The van der Waals surface area contributed by atoms with Crippen molar-refractivity contribution in [2.45, 2.75) is 89.6 Å². The highest BCUT2D eigenvalue weighted by molar-refractivity contribution is 4.90. The van der Waals surface area contributed by atoms with Crippen LogP contribution >= 0.6 is 0 Å². The predicted octanol–water partition coefficient (Wildman–Crippen LogP) is 4.27. The fraction of sp³-hybridized carbons (Fsp3) is 1.00. The summed E-state index contributed by atoms with van der Waals surface area (Å²) in [5, 5.41) is 3.91. The van der Waals surface area contributed by atoms with Crippen LogP contribution in [0.1, 0.15) is 77.6 Å². The third-order valence-corrected chi connectivity index (χ3v) is 4.65. The fourth-order valence-electron chi connectivity index (χ4n) is 3.63. The molecular formula is C15H29N. The van der Waals surface area contributed by atoms with Gasteiger partial charge >= 0.3 is 0 Å². The number of piperidine rings is 1. The van der Waals surface area contributed by atoms with E-state index in [-0.39, 0.29) is 0 Å². The van der Waals surface area contributed by atoms with Crippen molar-refractivity contribution in [3.63, 3.8) is 0 Å². The summed E-state index contributed by atoms with van der Waals surface area (Å²) >= 11 is 0. The van der Waals surface area contributed by atoms with E-state index in [2.05, 4.69) is 12.2 Å². The van der Waals surface area contributed by atoms with Crippen LogP contribution in [0.25, 0.3) is 0 Å². The number of unbranched alkanes of at least 4 members (excludes halogenated alkanes) is 4. The average molecular weight is 223 g/mol. The molecule has 1 saturated heterocycles. The monoisotopic (exact) mass is 223 g/mol. The molecular weight excluding hydrogens is 194 g/mol. The molecule has 0 amide bonds. The Morgan fingerprint density at radius 1 is 0.938 bits per heavy atom. The van der Waals surface area contributed by atoms with Gasteiger partial charge in [-0.05, 0) is 38.0 Å². The van der Waals surface area contributed by atoms with Gasteiger partial charge in [-0.25, -0.2) is 0 Å². The van der Waals surface area contributed by atoms with E-state index in [1.54, 1.807) is 0 Å².